The van der Waals surface area contributed by atoms with E-state index < -0.39 is 0 Å². The first kappa shape index (κ1) is 10.6. The molecule has 2 N–H and O–H groups in total. The molecule has 0 amide bonds. The third-order valence-electron chi connectivity index (χ3n) is 3.17. The molecule has 3 nitrogen and oxygen atoms in total. The predicted octanol–water partition coefficient (Wildman–Crippen LogP) is 1.34. The minimum Gasteiger partial charge on any atom is -0.316 e. The molecular weight excluding hydrogens is 186 g/mol. The largest absolute Gasteiger partial charge is 0.316 e. The molecule has 1 fully saturated rings. The zero-order valence-electron chi connectivity index (χ0n) is 9.24. The van der Waals surface area contributed by atoms with Crippen LogP contribution in [0.3, 0.4) is 0 Å². The van der Waals surface area contributed by atoms with Crippen LogP contribution in [0, 0.1) is 5.92 Å². The van der Waals surface area contributed by atoms with Crippen molar-refractivity contribution in [2.75, 3.05) is 20.1 Å². The van der Waals surface area contributed by atoms with Gasteiger partial charge in [-0.15, -0.1) is 0 Å². The molecule has 1 aliphatic rings. The average molecular weight is 205 g/mol. The SMILES string of the molecule is CNC(CC1CCNC1)c1cccnc1. The molecule has 2 heterocycles. The first-order valence-corrected chi connectivity index (χ1v) is 5.68. The predicted molar refractivity (Wildman–Crippen MR) is 61.6 cm³/mol. The number of hydrogen-bond acceptors (Lipinski definition) is 3. The minimum atomic E-state index is 0.448. The molecule has 0 bridgehead atoms. The molecule has 2 rings (SSSR count). The highest BCUT2D eigenvalue weighted by atomic mass is 14.9. The monoisotopic (exact) mass is 205 g/mol. The lowest BCUT2D eigenvalue weighted by atomic mass is 9.95. The molecule has 1 saturated heterocycles. The summed E-state index contributed by atoms with van der Waals surface area (Å²) in [4.78, 5) is 4.17. The van der Waals surface area contributed by atoms with E-state index in [0.29, 0.717) is 6.04 Å². The Labute approximate surface area is 91.3 Å². The highest BCUT2D eigenvalue weighted by Gasteiger charge is 2.19. The molecule has 0 spiro atoms. The zero-order valence-corrected chi connectivity index (χ0v) is 9.24. The average Bonchev–Trinajstić information content (AvgIpc) is 2.80. The Morgan fingerprint density at radius 3 is 3.20 bits per heavy atom. The van der Waals surface area contributed by atoms with E-state index in [0.717, 1.165) is 5.92 Å². The van der Waals surface area contributed by atoms with Crippen LogP contribution in [0.1, 0.15) is 24.4 Å². The van der Waals surface area contributed by atoms with E-state index in [1.807, 2.05) is 25.5 Å². The van der Waals surface area contributed by atoms with Gasteiger partial charge in [-0.1, -0.05) is 6.07 Å². The van der Waals surface area contributed by atoms with Crippen LogP contribution in [-0.4, -0.2) is 25.1 Å². The molecule has 3 heteroatoms. The maximum absolute atomic E-state index is 4.17. The first-order valence-electron chi connectivity index (χ1n) is 5.68. The highest BCUT2D eigenvalue weighted by molar-refractivity contribution is 5.13. The minimum absolute atomic E-state index is 0.448. The van der Waals surface area contributed by atoms with E-state index in [9.17, 15) is 0 Å². The summed E-state index contributed by atoms with van der Waals surface area (Å²) in [5.41, 5.74) is 1.30. The van der Waals surface area contributed by atoms with E-state index >= 15 is 0 Å². The van der Waals surface area contributed by atoms with Crippen molar-refractivity contribution in [2.24, 2.45) is 5.92 Å². The van der Waals surface area contributed by atoms with Gasteiger partial charge >= 0.3 is 0 Å². The molecule has 0 aliphatic carbocycles. The van der Waals surface area contributed by atoms with Gasteiger partial charge in [0.15, 0.2) is 0 Å². The number of hydrogen-bond donors (Lipinski definition) is 2. The Hall–Kier alpha value is -0.930. The van der Waals surface area contributed by atoms with Crippen LogP contribution in [0.5, 0.6) is 0 Å². The van der Waals surface area contributed by atoms with Crippen LogP contribution in [-0.2, 0) is 0 Å². The standard InChI is InChI=1S/C12H19N3/c1-13-12(7-10-4-6-15-8-10)11-3-2-5-14-9-11/h2-3,5,9-10,12-13,15H,4,6-8H2,1H3. The third-order valence-corrected chi connectivity index (χ3v) is 3.17. The summed E-state index contributed by atoms with van der Waals surface area (Å²) in [5.74, 6) is 0.808. The van der Waals surface area contributed by atoms with Crippen molar-refractivity contribution in [1.29, 1.82) is 0 Å². The highest BCUT2D eigenvalue weighted by Crippen LogP contribution is 2.23. The lowest BCUT2D eigenvalue weighted by molar-refractivity contribution is 0.430. The molecule has 1 aromatic heterocycles. The Kier molecular flexibility index (Phi) is 3.69. The summed E-state index contributed by atoms with van der Waals surface area (Å²) in [6.45, 7) is 2.34. The number of aromatic nitrogens is 1. The number of nitrogens with zero attached hydrogens (tertiary/aromatic N) is 1. The van der Waals surface area contributed by atoms with Crippen LogP contribution >= 0.6 is 0 Å². The van der Waals surface area contributed by atoms with E-state index in [1.54, 1.807) is 0 Å². The van der Waals surface area contributed by atoms with Gasteiger partial charge in [-0.2, -0.15) is 0 Å². The van der Waals surface area contributed by atoms with Crippen molar-refractivity contribution in [3.05, 3.63) is 30.1 Å². The van der Waals surface area contributed by atoms with Gasteiger partial charge in [-0.3, -0.25) is 4.98 Å². The summed E-state index contributed by atoms with van der Waals surface area (Å²) >= 11 is 0. The van der Waals surface area contributed by atoms with Gasteiger partial charge in [-0.25, -0.2) is 0 Å². The molecule has 82 valence electrons. The van der Waals surface area contributed by atoms with Crippen molar-refractivity contribution in [3.8, 4) is 0 Å². The summed E-state index contributed by atoms with van der Waals surface area (Å²) in [5, 5.41) is 6.79. The second kappa shape index (κ2) is 5.24. The Balaban J connectivity index is 1.97. The molecular formula is C12H19N3. The molecule has 0 saturated carbocycles. The summed E-state index contributed by atoms with van der Waals surface area (Å²) < 4.78 is 0. The van der Waals surface area contributed by atoms with Crippen LogP contribution in [0.25, 0.3) is 0 Å². The van der Waals surface area contributed by atoms with Crippen LogP contribution in [0.15, 0.2) is 24.5 Å². The lowest BCUT2D eigenvalue weighted by Gasteiger charge is -2.19. The molecule has 2 atom stereocenters. The fourth-order valence-electron chi connectivity index (χ4n) is 2.25. The van der Waals surface area contributed by atoms with E-state index in [1.165, 1.54) is 31.5 Å². The van der Waals surface area contributed by atoms with Crippen molar-refractivity contribution >= 4 is 0 Å². The maximum atomic E-state index is 4.17. The first-order chi connectivity index (χ1) is 7.40. The summed E-state index contributed by atoms with van der Waals surface area (Å²) in [6.07, 6.45) is 6.30. The topological polar surface area (TPSA) is 37.0 Å². The number of pyridine rings is 1. The fraction of sp³-hybridized carbons (Fsp3) is 0.583. The lowest BCUT2D eigenvalue weighted by Crippen LogP contribution is -2.21. The number of rotatable bonds is 4. The van der Waals surface area contributed by atoms with E-state index in [4.69, 9.17) is 0 Å². The van der Waals surface area contributed by atoms with Gasteiger partial charge in [0, 0.05) is 18.4 Å². The van der Waals surface area contributed by atoms with Gasteiger partial charge in [0.05, 0.1) is 0 Å². The second-order valence-electron chi connectivity index (χ2n) is 4.22. The van der Waals surface area contributed by atoms with Gasteiger partial charge in [0.25, 0.3) is 0 Å². The summed E-state index contributed by atoms with van der Waals surface area (Å²) in [6, 6.07) is 4.60. The quantitative estimate of drug-likeness (QED) is 0.779. The van der Waals surface area contributed by atoms with Crippen LogP contribution in [0.4, 0.5) is 0 Å². The molecule has 1 aliphatic heterocycles. The molecule has 15 heavy (non-hydrogen) atoms. The fourth-order valence-corrected chi connectivity index (χ4v) is 2.25. The van der Waals surface area contributed by atoms with Gasteiger partial charge in [0.2, 0.25) is 0 Å². The van der Waals surface area contributed by atoms with Crippen molar-refractivity contribution in [3.63, 3.8) is 0 Å². The summed E-state index contributed by atoms with van der Waals surface area (Å²) in [7, 11) is 2.03. The molecule has 0 aromatic carbocycles. The van der Waals surface area contributed by atoms with E-state index in [2.05, 4.69) is 21.7 Å². The zero-order chi connectivity index (χ0) is 10.5. The van der Waals surface area contributed by atoms with Crippen molar-refractivity contribution < 1.29 is 0 Å². The van der Waals surface area contributed by atoms with E-state index in [-0.39, 0.29) is 0 Å². The third kappa shape index (κ3) is 2.76. The normalized spacial score (nSPS) is 22.9. The molecule has 1 aromatic rings. The van der Waals surface area contributed by atoms with Crippen molar-refractivity contribution in [2.45, 2.75) is 18.9 Å². The van der Waals surface area contributed by atoms with Gasteiger partial charge < -0.3 is 10.6 Å². The van der Waals surface area contributed by atoms with Crippen molar-refractivity contribution in [1.82, 2.24) is 15.6 Å². The van der Waals surface area contributed by atoms with Gasteiger partial charge in [-0.05, 0) is 50.5 Å². The van der Waals surface area contributed by atoms with Crippen LogP contribution < -0.4 is 10.6 Å². The van der Waals surface area contributed by atoms with Gasteiger partial charge in [0.1, 0.15) is 0 Å². The Morgan fingerprint density at radius 1 is 1.67 bits per heavy atom. The number of nitrogens with one attached hydrogen (secondary N) is 2. The maximum Gasteiger partial charge on any atom is 0.0335 e. The second-order valence-corrected chi connectivity index (χ2v) is 4.22. The Morgan fingerprint density at radius 2 is 2.60 bits per heavy atom. The Bertz CT molecular complexity index is 280. The molecule has 2 unspecified atom stereocenters. The molecule has 0 radical (unpaired) electrons. The smallest absolute Gasteiger partial charge is 0.0335 e. The van der Waals surface area contributed by atoms with Crippen LogP contribution in [0.2, 0.25) is 0 Å².